The third-order valence-corrected chi connectivity index (χ3v) is 9.67. The number of carbonyl (C=O) groups excluding carboxylic acids is 2. The molecule has 0 aliphatic carbocycles. The molecule has 1 N–H and O–H groups in total. The third kappa shape index (κ3) is 5.63. The van der Waals surface area contributed by atoms with E-state index in [4.69, 9.17) is 0 Å². The zero-order chi connectivity index (χ0) is 28.7. The Morgan fingerprint density at radius 3 is 2.68 bits per heavy atom. The highest BCUT2D eigenvalue weighted by atomic mass is 19.1. The molecule has 8 heteroatoms. The van der Waals surface area contributed by atoms with Crippen LogP contribution in [0.5, 0.6) is 0 Å². The molecule has 0 spiro atoms. The molecule has 3 aliphatic rings. The van der Waals surface area contributed by atoms with Gasteiger partial charge in [-0.1, -0.05) is 0 Å². The number of benzene rings is 1. The van der Waals surface area contributed by atoms with Gasteiger partial charge in [0.25, 0.3) is 5.91 Å². The Morgan fingerprint density at radius 1 is 1.07 bits per heavy atom. The number of likely N-dealkylation sites (tertiary alicyclic amines) is 2. The summed E-state index contributed by atoms with van der Waals surface area (Å²) in [5.41, 5.74) is 4.42. The highest BCUT2D eigenvalue weighted by Gasteiger charge is 2.34. The van der Waals surface area contributed by atoms with E-state index in [-0.39, 0.29) is 23.9 Å². The number of nitrogens with zero attached hydrogens (tertiary/aromatic N) is 4. The molecular formula is C33H42FN5O2. The van der Waals surface area contributed by atoms with Gasteiger partial charge in [0.05, 0.1) is 23.0 Å². The molecule has 2 aromatic heterocycles. The smallest absolute Gasteiger partial charge is 0.256 e. The summed E-state index contributed by atoms with van der Waals surface area (Å²) in [5.74, 6) is 0.778. The number of rotatable bonds is 6. The van der Waals surface area contributed by atoms with Gasteiger partial charge in [0.1, 0.15) is 5.82 Å². The summed E-state index contributed by atoms with van der Waals surface area (Å²) in [6.45, 7) is 10.2. The van der Waals surface area contributed by atoms with Gasteiger partial charge in [0.2, 0.25) is 5.91 Å². The van der Waals surface area contributed by atoms with E-state index in [2.05, 4.69) is 46.7 Å². The van der Waals surface area contributed by atoms with Gasteiger partial charge in [-0.05, 0) is 107 Å². The van der Waals surface area contributed by atoms with Crippen LogP contribution in [0, 0.1) is 24.6 Å². The van der Waals surface area contributed by atoms with Gasteiger partial charge < -0.3 is 19.7 Å². The lowest BCUT2D eigenvalue weighted by Gasteiger charge is -2.27. The second kappa shape index (κ2) is 11.6. The van der Waals surface area contributed by atoms with E-state index in [1.165, 1.54) is 23.1 Å². The Hall–Kier alpha value is -3.26. The highest BCUT2D eigenvalue weighted by molar-refractivity contribution is 5.99. The molecule has 1 aromatic carbocycles. The fourth-order valence-electron chi connectivity index (χ4n) is 7.51. The van der Waals surface area contributed by atoms with Crippen molar-refractivity contribution in [3.05, 3.63) is 59.3 Å². The average molecular weight is 560 g/mol. The van der Waals surface area contributed by atoms with E-state index in [0.29, 0.717) is 29.5 Å². The summed E-state index contributed by atoms with van der Waals surface area (Å²) in [5, 5.41) is 4.18. The molecule has 6 rings (SSSR count). The molecular weight excluding hydrogens is 517 g/mol. The van der Waals surface area contributed by atoms with Crippen LogP contribution in [0.3, 0.4) is 0 Å². The molecule has 3 fully saturated rings. The van der Waals surface area contributed by atoms with Gasteiger partial charge >= 0.3 is 0 Å². The van der Waals surface area contributed by atoms with E-state index in [0.717, 1.165) is 75.8 Å². The topological polar surface area (TPSA) is 70.5 Å². The molecule has 218 valence electrons. The second-order valence-electron chi connectivity index (χ2n) is 12.7. The number of pyridine rings is 1. The summed E-state index contributed by atoms with van der Waals surface area (Å²) in [4.78, 5) is 34.6. The first-order valence-electron chi connectivity index (χ1n) is 15.3. The summed E-state index contributed by atoms with van der Waals surface area (Å²) < 4.78 is 16.6. The lowest BCUT2D eigenvalue weighted by Crippen LogP contribution is -2.39. The van der Waals surface area contributed by atoms with Gasteiger partial charge in [0, 0.05) is 55.9 Å². The van der Waals surface area contributed by atoms with E-state index in [1.54, 1.807) is 6.07 Å². The van der Waals surface area contributed by atoms with Gasteiger partial charge in [-0.15, -0.1) is 0 Å². The maximum atomic E-state index is 14.6. The first-order chi connectivity index (χ1) is 19.8. The Labute approximate surface area is 242 Å². The van der Waals surface area contributed by atoms with Crippen LogP contribution in [0.4, 0.5) is 4.39 Å². The maximum Gasteiger partial charge on any atom is 0.256 e. The van der Waals surface area contributed by atoms with Crippen molar-refractivity contribution in [2.45, 2.75) is 77.8 Å². The van der Waals surface area contributed by atoms with E-state index in [1.807, 2.05) is 17.3 Å². The largest absolute Gasteiger partial charge is 0.356 e. The van der Waals surface area contributed by atoms with Gasteiger partial charge in [-0.3, -0.25) is 14.6 Å². The molecule has 0 saturated carbocycles. The maximum absolute atomic E-state index is 14.6. The van der Waals surface area contributed by atoms with E-state index in [9.17, 15) is 14.0 Å². The number of nitrogens with one attached hydrogen (secondary N) is 1. The van der Waals surface area contributed by atoms with Crippen LogP contribution < -0.4 is 5.32 Å². The Morgan fingerprint density at radius 2 is 1.88 bits per heavy atom. The number of fused-ring (bicyclic) bond motifs is 1. The molecule has 3 aliphatic heterocycles. The molecule has 5 heterocycles. The molecule has 3 saturated heterocycles. The predicted octanol–water partition coefficient (Wildman–Crippen LogP) is 5.27. The third-order valence-electron chi connectivity index (χ3n) is 9.67. The number of carbonyl (C=O) groups is 2. The molecule has 7 nitrogen and oxygen atoms in total. The average Bonchev–Trinajstić information content (AvgIpc) is 3.60. The normalized spacial score (nSPS) is 25.6. The molecule has 3 aromatic rings. The quantitative estimate of drug-likeness (QED) is 0.447. The fourth-order valence-corrected chi connectivity index (χ4v) is 7.51. The van der Waals surface area contributed by atoms with Crippen molar-refractivity contribution in [2.24, 2.45) is 11.8 Å². The number of aryl methyl sites for hydroxylation is 1. The summed E-state index contributed by atoms with van der Waals surface area (Å²) >= 11 is 0. The number of halogens is 1. The number of amides is 2. The van der Waals surface area contributed by atoms with Crippen LogP contribution in [0.15, 0.2) is 36.8 Å². The zero-order valence-corrected chi connectivity index (χ0v) is 24.5. The van der Waals surface area contributed by atoms with E-state index >= 15 is 0 Å². The second-order valence-corrected chi connectivity index (χ2v) is 12.7. The van der Waals surface area contributed by atoms with Crippen molar-refractivity contribution >= 4 is 22.7 Å². The summed E-state index contributed by atoms with van der Waals surface area (Å²) in [6, 6.07) is 4.85. The van der Waals surface area contributed by atoms with Crippen molar-refractivity contribution in [3.63, 3.8) is 0 Å². The first-order valence-corrected chi connectivity index (χ1v) is 15.3. The highest BCUT2D eigenvalue weighted by Crippen LogP contribution is 2.34. The number of hydrogen-bond donors (Lipinski definition) is 1. The summed E-state index contributed by atoms with van der Waals surface area (Å²) in [7, 11) is 0. The van der Waals surface area contributed by atoms with Crippen LogP contribution in [-0.4, -0.2) is 69.4 Å². The lowest BCUT2D eigenvalue weighted by molar-refractivity contribution is -0.120. The Balaban J connectivity index is 1.28. The van der Waals surface area contributed by atoms with Crippen LogP contribution in [0.2, 0.25) is 0 Å². The predicted molar refractivity (Wildman–Crippen MR) is 159 cm³/mol. The van der Waals surface area contributed by atoms with Crippen molar-refractivity contribution in [1.29, 1.82) is 0 Å². The summed E-state index contributed by atoms with van der Waals surface area (Å²) in [6.07, 6.45) is 12.6. The van der Waals surface area contributed by atoms with Crippen LogP contribution >= 0.6 is 0 Å². The van der Waals surface area contributed by atoms with Crippen molar-refractivity contribution in [3.8, 4) is 5.69 Å². The van der Waals surface area contributed by atoms with Crippen molar-refractivity contribution in [1.82, 2.24) is 24.7 Å². The zero-order valence-electron chi connectivity index (χ0n) is 24.5. The SMILES string of the molecule is Cc1cncc2c1c(C[C@@H]1CCN(C[C@@H]3CCNC(=O)CC3)C1)cn2-c1ccc(F)cc1C(=O)N1[C@H](C)CC[C@H]1C. The molecule has 0 bridgehead atoms. The molecule has 4 atom stereocenters. The standard InChI is InChI=1S/C33H42FN5O2/c1-21-16-35-17-30-32(21)26(14-25-11-13-37(19-25)18-24-6-9-31(40)36-12-10-24)20-38(30)29-8-7-27(34)15-28(29)33(41)39-22(2)4-5-23(39)3/h7-8,15-17,20,22-25H,4-6,9-14,18-19H2,1-3H3,(H,36,40)/t22-,23-,24+,25+/m1/s1. The van der Waals surface area contributed by atoms with Crippen LogP contribution in [0.1, 0.15) is 73.9 Å². The monoisotopic (exact) mass is 559 g/mol. The fraction of sp³-hybridized carbons (Fsp3) is 0.545. The molecule has 41 heavy (non-hydrogen) atoms. The Bertz CT molecular complexity index is 1440. The Kier molecular flexibility index (Phi) is 7.86. The minimum Gasteiger partial charge on any atom is -0.356 e. The van der Waals surface area contributed by atoms with Gasteiger partial charge in [-0.2, -0.15) is 0 Å². The number of hydrogen-bond acceptors (Lipinski definition) is 4. The van der Waals surface area contributed by atoms with Gasteiger partial charge in [0.15, 0.2) is 0 Å². The molecule has 0 radical (unpaired) electrons. The van der Waals surface area contributed by atoms with Crippen LogP contribution in [0.25, 0.3) is 16.6 Å². The molecule has 0 unspecified atom stereocenters. The van der Waals surface area contributed by atoms with Crippen LogP contribution in [-0.2, 0) is 11.2 Å². The van der Waals surface area contributed by atoms with Gasteiger partial charge in [-0.25, -0.2) is 4.39 Å². The minimum absolute atomic E-state index is 0.108. The minimum atomic E-state index is -0.401. The van der Waals surface area contributed by atoms with Crippen molar-refractivity contribution in [2.75, 3.05) is 26.2 Å². The van der Waals surface area contributed by atoms with Crippen molar-refractivity contribution < 1.29 is 14.0 Å². The molecule has 2 amide bonds. The number of aromatic nitrogens is 2. The first kappa shape index (κ1) is 27.9. The lowest BCUT2D eigenvalue weighted by atomic mass is 9.97. The van der Waals surface area contributed by atoms with E-state index < -0.39 is 5.82 Å².